The van der Waals surface area contributed by atoms with Crippen molar-refractivity contribution in [2.24, 2.45) is 5.92 Å². The second-order valence-corrected chi connectivity index (χ2v) is 6.67. The minimum Gasteiger partial charge on any atom is -0.497 e. The largest absolute Gasteiger partial charge is 0.497 e. The van der Waals surface area contributed by atoms with E-state index < -0.39 is 0 Å². The van der Waals surface area contributed by atoms with Crippen molar-refractivity contribution in [2.45, 2.75) is 12.8 Å². The van der Waals surface area contributed by atoms with Crippen LogP contribution in [0.25, 0.3) is 0 Å². The maximum Gasteiger partial charge on any atom is 0.255 e. The summed E-state index contributed by atoms with van der Waals surface area (Å²) in [6, 6.07) is 14.3. The lowest BCUT2D eigenvalue weighted by molar-refractivity contribution is -0.121. The zero-order valence-electron chi connectivity index (χ0n) is 14.6. The Morgan fingerprint density at radius 1 is 1.12 bits per heavy atom. The maximum absolute atomic E-state index is 12.6. The van der Waals surface area contributed by atoms with Crippen molar-refractivity contribution in [3.8, 4) is 5.75 Å². The van der Waals surface area contributed by atoms with Gasteiger partial charge in [-0.25, -0.2) is 0 Å². The van der Waals surface area contributed by atoms with Crippen molar-refractivity contribution in [2.75, 3.05) is 25.5 Å². The molecule has 1 aliphatic heterocycles. The smallest absolute Gasteiger partial charge is 0.255 e. The zero-order valence-corrected chi connectivity index (χ0v) is 15.3. The molecule has 0 unspecified atom stereocenters. The number of carbonyl (C=O) groups excluding carboxylic acids is 2. The molecule has 1 saturated heterocycles. The van der Waals surface area contributed by atoms with E-state index in [1.165, 1.54) is 0 Å². The van der Waals surface area contributed by atoms with Gasteiger partial charge in [0.05, 0.1) is 17.7 Å². The van der Waals surface area contributed by atoms with Crippen LogP contribution in [0.1, 0.15) is 23.2 Å². The second-order valence-electron chi connectivity index (χ2n) is 6.27. The molecular formula is C20H21ClN2O3. The zero-order chi connectivity index (χ0) is 18.5. The Morgan fingerprint density at radius 3 is 2.54 bits per heavy atom. The highest BCUT2D eigenvalue weighted by molar-refractivity contribution is 6.33. The molecule has 2 aromatic rings. The molecule has 0 atom stereocenters. The summed E-state index contributed by atoms with van der Waals surface area (Å²) in [6.45, 7) is 1.08. The molecule has 1 heterocycles. The van der Waals surface area contributed by atoms with Gasteiger partial charge in [0.2, 0.25) is 5.91 Å². The van der Waals surface area contributed by atoms with Crippen molar-refractivity contribution in [3.63, 3.8) is 0 Å². The van der Waals surface area contributed by atoms with E-state index in [4.69, 9.17) is 16.3 Å². The highest BCUT2D eigenvalue weighted by atomic mass is 35.5. The lowest BCUT2D eigenvalue weighted by atomic mass is 9.95. The maximum atomic E-state index is 12.6. The fourth-order valence-corrected chi connectivity index (χ4v) is 3.31. The highest BCUT2D eigenvalue weighted by Gasteiger charge is 2.28. The molecule has 0 radical (unpaired) electrons. The molecule has 5 nitrogen and oxygen atoms in total. The van der Waals surface area contributed by atoms with Crippen molar-refractivity contribution >= 4 is 29.1 Å². The molecule has 0 aliphatic carbocycles. The monoisotopic (exact) mass is 372 g/mol. The number of nitrogens with one attached hydrogen (secondary N) is 1. The summed E-state index contributed by atoms with van der Waals surface area (Å²) in [7, 11) is 1.59. The molecule has 1 fully saturated rings. The average molecular weight is 373 g/mol. The summed E-state index contributed by atoms with van der Waals surface area (Å²) in [4.78, 5) is 26.8. The van der Waals surface area contributed by atoms with Crippen LogP contribution in [-0.4, -0.2) is 36.9 Å². The molecule has 26 heavy (non-hydrogen) atoms. The summed E-state index contributed by atoms with van der Waals surface area (Å²) in [5, 5.41) is 3.38. The predicted molar refractivity (Wildman–Crippen MR) is 102 cm³/mol. The van der Waals surface area contributed by atoms with Gasteiger partial charge >= 0.3 is 0 Å². The van der Waals surface area contributed by atoms with E-state index in [0.29, 0.717) is 48.0 Å². The number of nitrogens with zero attached hydrogens (tertiary/aromatic N) is 1. The lowest BCUT2D eigenvalue weighted by Crippen LogP contribution is -2.41. The first-order valence-electron chi connectivity index (χ1n) is 8.57. The third-order valence-corrected chi connectivity index (χ3v) is 4.92. The molecule has 0 spiro atoms. The number of likely N-dealkylation sites (tertiary alicyclic amines) is 1. The van der Waals surface area contributed by atoms with E-state index in [-0.39, 0.29) is 17.7 Å². The molecule has 2 aromatic carbocycles. The average Bonchev–Trinajstić information content (AvgIpc) is 2.68. The summed E-state index contributed by atoms with van der Waals surface area (Å²) in [5.74, 6) is 0.477. The van der Waals surface area contributed by atoms with Crippen LogP contribution in [0.2, 0.25) is 5.02 Å². The number of rotatable bonds is 4. The number of ether oxygens (including phenoxy) is 1. The number of amides is 2. The Balaban J connectivity index is 1.57. The van der Waals surface area contributed by atoms with Crippen molar-refractivity contribution < 1.29 is 14.3 Å². The Hall–Kier alpha value is -2.53. The van der Waals surface area contributed by atoms with Gasteiger partial charge in [0.15, 0.2) is 0 Å². The molecule has 6 heteroatoms. The quantitative estimate of drug-likeness (QED) is 0.887. The lowest BCUT2D eigenvalue weighted by Gasteiger charge is -2.31. The number of anilines is 1. The fourth-order valence-electron chi connectivity index (χ4n) is 3.09. The molecule has 1 aliphatic rings. The Bertz CT molecular complexity index is 801. The van der Waals surface area contributed by atoms with Crippen LogP contribution in [0.5, 0.6) is 5.75 Å². The van der Waals surface area contributed by atoms with Gasteiger partial charge in [-0.2, -0.15) is 0 Å². The van der Waals surface area contributed by atoms with Gasteiger partial charge in [-0.05, 0) is 37.1 Å². The van der Waals surface area contributed by atoms with Crippen LogP contribution in [0.3, 0.4) is 0 Å². The van der Waals surface area contributed by atoms with Gasteiger partial charge in [-0.15, -0.1) is 0 Å². The molecule has 136 valence electrons. The molecule has 0 bridgehead atoms. The van der Waals surface area contributed by atoms with Gasteiger partial charge in [0.25, 0.3) is 5.91 Å². The van der Waals surface area contributed by atoms with E-state index >= 15 is 0 Å². The number of carbonyl (C=O) groups is 2. The van der Waals surface area contributed by atoms with Crippen LogP contribution in [-0.2, 0) is 4.79 Å². The third kappa shape index (κ3) is 4.17. The van der Waals surface area contributed by atoms with Crippen molar-refractivity contribution in [1.82, 2.24) is 4.90 Å². The minimum absolute atomic E-state index is 0.0249. The van der Waals surface area contributed by atoms with E-state index in [2.05, 4.69) is 5.32 Å². The first-order valence-corrected chi connectivity index (χ1v) is 8.95. The van der Waals surface area contributed by atoms with Crippen LogP contribution < -0.4 is 10.1 Å². The number of hydrogen-bond acceptors (Lipinski definition) is 3. The molecular weight excluding hydrogens is 352 g/mol. The van der Waals surface area contributed by atoms with Crippen LogP contribution in [0, 0.1) is 5.92 Å². The van der Waals surface area contributed by atoms with Crippen LogP contribution >= 0.6 is 11.6 Å². The van der Waals surface area contributed by atoms with Gasteiger partial charge < -0.3 is 15.0 Å². The fraction of sp³-hybridized carbons (Fsp3) is 0.300. The van der Waals surface area contributed by atoms with E-state index in [0.717, 1.165) is 0 Å². The molecule has 2 amide bonds. The van der Waals surface area contributed by atoms with Gasteiger partial charge in [0.1, 0.15) is 5.75 Å². The summed E-state index contributed by atoms with van der Waals surface area (Å²) in [6.07, 6.45) is 1.26. The molecule has 0 saturated carbocycles. The van der Waals surface area contributed by atoms with E-state index in [9.17, 15) is 9.59 Å². The second kappa shape index (κ2) is 8.23. The van der Waals surface area contributed by atoms with Crippen LogP contribution in [0.4, 0.5) is 5.69 Å². The van der Waals surface area contributed by atoms with Crippen molar-refractivity contribution in [3.05, 3.63) is 59.1 Å². The van der Waals surface area contributed by atoms with Crippen LogP contribution in [0.15, 0.2) is 48.5 Å². The van der Waals surface area contributed by atoms with Gasteiger partial charge in [0, 0.05) is 30.8 Å². The number of halogens is 1. The Kier molecular flexibility index (Phi) is 5.78. The summed E-state index contributed by atoms with van der Waals surface area (Å²) < 4.78 is 5.17. The SMILES string of the molecule is COc1cccc(NC(=O)C2CCN(C(=O)c3ccccc3Cl)CC2)c1. The normalized spacial score (nSPS) is 14.8. The molecule has 0 aromatic heterocycles. The Morgan fingerprint density at radius 2 is 1.85 bits per heavy atom. The standard InChI is InChI=1S/C20H21ClN2O3/c1-26-16-6-4-5-15(13-16)22-19(24)14-9-11-23(12-10-14)20(25)17-7-2-3-8-18(17)21/h2-8,13-14H,9-12H2,1H3,(H,22,24). The number of hydrogen-bond donors (Lipinski definition) is 1. The van der Waals surface area contributed by atoms with E-state index in [1.54, 1.807) is 42.3 Å². The third-order valence-electron chi connectivity index (χ3n) is 4.59. The molecule has 1 N–H and O–H groups in total. The topological polar surface area (TPSA) is 58.6 Å². The number of benzene rings is 2. The van der Waals surface area contributed by atoms with E-state index in [1.807, 2.05) is 18.2 Å². The highest BCUT2D eigenvalue weighted by Crippen LogP contribution is 2.24. The number of piperidine rings is 1. The molecule has 3 rings (SSSR count). The summed E-state index contributed by atoms with van der Waals surface area (Å²) in [5.41, 5.74) is 1.22. The number of methoxy groups -OCH3 is 1. The van der Waals surface area contributed by atoms with Crippen molar-refractivity contribution in [1.29, 1.82) is 0 Å². The predicted octanol–water partition coefficient (Wildman–Crippen LogP) is 3.84. The first-order chi connectivity index (χ1) is 12.6. The first kappa shape index (κ1) is 18.3. The minimum atomic E-state index is -0.114. The Labute approximate surface area is 157 Å². The van der Waals surface area contributed by atoms with Gasteiger partial charge in [-0.1, -0.05) is 29.8 Å². The van der Waals surface area contributed by atoms with Gasteiger partial charge in [-0.3, -0.25) is 9.59 Å². The summed E-state index contributed by atoms with van der Waals surface area (Å²) >= 11 is 6.11.